The first-order valence-electron chi connectivity index (χ1n) is 9.40. The SMILES string of the molecule is CCC1CCC(CN2[C@H](C)CC(OC(C)C)C[C@H]2C)CC1. The first-order valence-corrected chi connectivity index (χ1v) is 9.40. The largest absolute Gasteiger partial charge is 0.375 e. The van der Waals surface area contributed by atoms with E-state index in [2.05, 4.69) is 39.5 Å². The minimum Gasteiger partial charge on any atom is -0.375 e. The lowest BCUT2D eigenvalue weighted by Crippen LogP contribution is -2.51. The molecule has 1 saturated heterocycles. The molecular weight excluding hydrogens is 258 g/mol. The van der Waals surface area contributed by atoms with Gasteiger partial charge in [0.2, 0.25) is 0 Å². The summed E-state index contributed by atoms with van der Waals surface area (Å²) in [6.45, 7) is 12.8. The van der Waals surface area contributed by atoms with Gasteiger partial charge in [-0.2, -0.15) is 0 Å². The predicted octanol–water partition coefficient (Wildman–Crippen LogP) is 4.87. The fourth-order valence-electron chi connectivity index (χ4n) is 4.54. The first kappa shape index (κ1) is 17.3. The summed E-state index contributed by atoms with van der Waals surface area (Å²) in [5.41, 5.74) is 0. The fraction of sp³-hybridized carbons (Fsp3) is 1.00. The lowest BCUT2D eigenvalue weighted by molar-refractivity contribution is -0.0632. The molecule has 0 unspecified atom stereocenters. The molecule has 2 atom stereocenters. The summed E-state index contributed by atoms with van der Waals surface area (Å²) in [5.74, 6) is 1.96. The topological polar surface area (TPSA) is 12.5 Å². The Bertz CT molecular complexity index is 284. The van der Waals surface area contributed by atoms with Crippen molar-refractivity contribution in [2.75, 3.05) is 6.54 Å². The zero-order valence-corrected chi connectivity index (χ0v) is 15.0. The second kappa shape index (κ2) is 7.97. The molecule has 1 aliphatic carbocycles. The number of likely N-dealkylation sites (tertiary alicyclic amines) is 1. The van der Waals surface area contributed by atoms with Gasteiger partial charge in [0.15, 0.2) is 0 Å². The average molecular weight is 296 g/mol. The maximum absolute atomic E-state index is 6.07. The van der Waals surface area contributed by atoms with Gasteiger partial charge in [-0.05, 0) is 65.2 Å². The zero-order chi connectivity index (χ0) is 15.4. The van der Waals surface area contributed by atoms with Crippen LogP contribution in [0.4, 0.5) is 0 Å². The molecule has 0 aromatic rings. The third-order valence-electron chi connectivity index (χ3n) is 5.82. The van der Waals surface area contributed by atoms with Gasteiger partial charge in [-0.15, -0.1) is 0 Å². The molecule has 0 N–H and O–H groups in total. The molecule has 1 heterocycles. The number of nitrogens with zero attached hydrogens (tertiary/aromatic N) is 1. The van der Waals surface area contributed by atoms with Crippen LogP contribution in [0.3, 0.4) is 0 Å². The Morgan fingerprint density at radius 1 is 0.952 bits per heavy atom. The first-order chi connectivity index (χ1) is 9.99. The summed E-state index contributed by atoms with van der Waals surface area (Å²) < 4.78 is 6.07. The van der Waals surface area contributed by atoms with Crippen LogP contribution in [0.2, 0.25) is 0 Å². The van der Waals surface area contributed by atoms with Crippen LogP contribution in [0, 0.1) is 11.8 Å². The molecule has 2 rings (SSSR count). The molecule has 2 fully saturated rings. The summed E-state index contributed by atoms with van der Waals surface area (Å²) in [4.78, 5) is 2.77. The standard InChI is InChI=1S/C19H37NO/c1-6-17-7-9-18(10-8-17)13-20-15(4)11-19(12-16(20)5)21-14(2)3/h14-19H,6-13H2,1-5H3/t15-,16-,17?,18?/m1/s1. The number of ether oxygens (including phenoxy) is 1. The molecule has 2 aliphatic rings. The van der Waals surface area contributed by atoms with Crippen LogP contribution in [-0.2, 0) is 4.74 Å². The van der Waals surface area contributed by atoms with Crippen LogP contribution in [0.5, 0.6) is 0 Å². The van der Waals surface area contributed by atoms with E-state index in [1.807, 2.05) is 0 Å². The lowest BCUT2D eigenvalue weighted by atomic mass is 9.80. The highest BCUT2D eigenvalue weighted by molar-refractivity contribution is 4.87. The normalized spacial score (nSPS) is 38.9. The number of rotatable bonds is 5. The number of hydrogen-bond acceptors (Lipinski definition) is 2. The van der Waals surface area contributed by atoms with E-state index in [0.29, 0.717) is 24.3 Å². The average Bonchev–Trinajstić information content (AvgIpc) is 2.43. The maximum atomic E-state index is 6.07. The van der Waals surface area contributed by atoms with Gasteiger partial charge in [-0.1, -0.05) is 26.2 Å². The Morgan fingerprint density at radius 3 is 1.95 bits per heavy atom. The Labute approximate surface area is 132 Å². The van der Waals surface area contributed by atoms with Crippen LogP contribution < -0.4 is 0 Å². The minimum absolute atomic E-state index is 0.366. The second-order valence-electron chi connectivity index (χ2n) is 7.97. The van der Waals surface area contributed by atoms with Gasteiger partial charge < -0.3 is 4.74 Å². The molecular formula is C19H37NO. The molecule has 0 bridgehead atoms. The van der Waals surface area contributed by atoms with Gasteiger partial charge in [0.1, 0.15) is 0 Å². The third-order valence-corrected chi connectivity index (χ3v) is 5.82. The molecule has 2 heteroatoms. The molecule has 0 amide bonds. The lowest BCUT2D eigenvalue weighted by Gasteiger charge is -2.45. The highest BCUT2D eigenvalue weighted by atomic mass is 16.5. The Balaban J connectivity index is 1.81. The summed E-state index contributed by atoms with van der Waals surface area (Å²) in [5, 5.41) is 0. The molecule has 1 saturated carbocycles. The van der Waals surface area contributed by atoms with Crippen LogP contribution >= 0.6 is 0 Å². The highest BCUT2D eigenvalue weighted by Crippen LogP contribution is 2.34. The van der Waals surface area contributed by atoms with Crippen LogP contribution in [0.1, 0.15) is 79.6 Å². The molecule has 0 aromatic carbocycles. The highest BCUT2D eigenvalue weighted by Gasteiger charge is 2.33. The van der Waals surface area contributed by atoms with E-state index >= 15 is 0 Å². The maximum Gasteiger partial charge on any atom is 0.0608 e. The Hall–Kier alpha value is -0.0800. The minimum atomic E-state index is 0.366. The van der Waals surface area contributed by atoms with Gasteiger partial charge in [0.25, 0.3) is 0 Å². The van der Waals surface area contributed by atoms with Crippen LogP contribution in [-0.4, -0.2) is 35.7 Å². The summed E-state index contributed by atoms with van der Waals surface area (Å²) in [6, 6.07) is 1.36. The summed E-state index contributed by atoms with van der Waals surface area (Å²) in [7, 11) is 0. The fourth-order valence-corrected chi connectivity index (χ4v) is 4.54. The van der Waals surface area contributed by atoms with Gasteiger partial charge in [0, 0.05) is 18.6 Å². The van der Waals surface area contributed by atoms with Crippen molar-refractivity contribution in [2.24, 2.45) is 11.8 Å². The predicted molar refractivity (Wildman–Crippen MR) is 90.6 cm³/mol. The second-order valence-corrected chi connectivity index (χ2v) is 7.97. The Kier molecular flexibility index (Phi) is 6.55. The van der Waals surface area contributed by atoms with Gasteiger partial charge >= 0.3 is 0 Å². The Morgan fingerprint density at radius 2 is 1.48 bits per heavy atom. The third kappa shape index (κ3) is 4.96. The van der Waals surface area contributed by atoms with Crippen molar-refractivity contribution in [3.05, 3.63) is 0 Å². The van der Waals surface area contributed by atoms with Crippen LogP contribution in [0.15, 0.2) is 0 Å². The smallest absolute Gasteiger partial charge is 0.0608 e. The zero-order valence-electron chi connectivity index (χ0n) is 15.0. The van der Waals surface area contributed by atoms with Crippen molar-refractivity contribution in [2.45, 2.75) is 104 Å². The molecule has 0 aromatic heterocycles. The van der Waals surface area contributed by atoms with Gasteiger partial charge in [-0.3, -0.25) is 4.90 Å². The van der Waals surface area contributed by atoms with E-state index in [9.17, 15) is 0 Å². The molecule has 0 radical (unpaired) electrons. The van der Waals surface area contributed by atoms with E-state index in [-0.39, 0.29) is 0 Å². The number of piperidine rings is 1. The van der Waals surface area contributed by atoms with E-state index in [4.69, 9.17) is 4.74 Å². The molecule has 1 aliphatic heterocycles. The van der Waals surface area contributed by atoms with Crippen molar-refractivity contribution < 1.29 is 4.74 Å². The molecule has 124 valence electrons. The van der Waals surface area contributed by atoms with E-state index < -0.39 is 0 Å². The quantitative estimate of drug-likeness (QED) is 0.717. The molecule has 2 nitrogen and oxygen atoms in total. The van der Waals surface area contributed by atoms with Crippen molar-refractivity contribution in [3.8, 4) is 0 Å². The van der Waals surface area contributed by atoms with Crippen molar-refractivity contribution in [3.63, 3.8) is 0 Å². The van der Waals surface area contributed by atoms with E-state index in [1.165, 1.54) is 51.5 Å². The number of hydrogen-bond donors (Lipinski definition) is 0. The van der Waals surface area contributed by atoms with Gasteiger partial charge in [-0.25, -0.2) is 0 Å². The van der Waals surface area contributed by atoms with Crippen LogP contribution in [0.25, 0.3) is 0 Å². The van der Waals surface area contributed by atoms with Crippen molar-refractivity contribution in [1.29, 1.82) is 0 Å². The molecule has 0 spiro atoms. The van der Waals surface area contributed by atoms with Crippen molar-refractivity contribution in [1.82, 2.24) is 4.90 Å². The molecule has 21 heavy (non-hydrogen) atoms. The van der Waals surface area contributed by atoms with E-state index in [1.54, 1.807) is 0 Å². The van der Waals surface area contributed by atoms with Gasteiger partial charge in [0.05, 0.1) is 12.2 Å². The monoisotopic (exact) mass is 295 g/mol. The van der Waals surface area contributed by atoms with E-state index in [0.717, 1.165) is 11.8 Å². The summed E-state index contributed by atoms with van der Waals surface area (Å²) in [6.07, 6.45) is 10.5. The van der Waals surface area contributed by atoms with Crippen molar-refractivity contribution >= 4 is 0 Å². The summed E-state index contributed by atoms with van der Waals surface area (Å²) >= 11 is 0.